The summed E-state index contributed by atoms with van der Waals surface area (Å²) in [7, 11) is 0. The first-order valence-electron chi connectivity index (χ1n) is 8.98. The van der Waals surface area contributed by atoms with Crippen molar-refractivity contribution in [2.75, 3.05) is 32.7 Å². The zero-order valence-electron chi connectivity index (χ0n) is 15.0. The van der Waals surface area contributed by atoms with Gasteiger partial charge in [0.1, 0.15) is 0 Å². The predicted molar refractivity (Wildman–Crippen MR) is 91.6 cm³/mol. The Hall–Kier alpha value is -0.120. The number of hydrogen-bond acceptors (Lipinski definition) is 3. The second kappa shape index (κ2) is 8.50. The van der Waals surface area contributed by atoms with Crippen LogP contribution in [-0.2, 0) is 0 Å². The first kappa shape index (κ1) is 18.9. The lowest BCUT2D eigenvalue weighted by Crippen LogP contribution is -2.45. The lowest BCUT2D eigenvalue weighted by Gasteiger charge is -2.37. The van der Waals surface area contributed by atoms with E-state index in [0.717, 1.165) is 45.4 Å². The van der Waals surface area contributed by atoms with Gasteiger partial charge < -0.3 is 15.3 Å². The predicted octanol–water partition coefficient (Wildman–Crippen LogP) is 3.28. The largest absolute Gasteiger partial charge is 0.390 e. The third kappa shape index (κ3) is 6.66. The smallest absolute Gasteiger partial charge is 0.0632 e. The highest BCUT2D eigenvalue weighted by atomic mass is 16.3. The summed E-state index contributed by atoms with van der Waals surface area (Å²) >= 11 is 0. The molecule has 0 aromatic rings. The fourth-order valence-electron chi connectivity index (χ4n) is 3.36. The molecule has 0 aromatic carbocycles. The molecule has 1 fully saturated rings. The average molecular weight is 299 g/mol. The van der Waals surface area contributed by atoms with E-state index in [1.165, 1.54) is 19.4 Å². The molecule has 1 atom stereocenters. The zero-order valence-corrected chi connectivity index (χ0v) is 15.0. The minimum absolute atomic E-state index is 0.380. The lowest BCUT2D eigenvalue weighted by molar-refractivity contribution is 0.0422. The minimum Gasteiger partial charge on any atom is -0.390 e. The molecule has 1 aliphatic rings. The highest BCUT2D eigenvalue weighted by Crippen LogP contribution is 2.29. The highest BCUT2D eigenvalue weighted by Gasteiger charge is 2.31. The molecule has 3 nitrogen and oxygen atoms in total. The van der Waals surface area contributed by atoms with Crippen LogP contribution in [0.15, 0.2) is 0 Å². The molecule has 0 aliphatic carbocycles. The van der Waals surface area contributed by atoms with Crippen molar-refractivity contribution < 1.29 is 5.11 Å². The molecule has 1 heterocycles. The van der Waals surface area contributed by atoms with Gasteiger partial charge in [0.2, 0.25) is 0 Å². The Labute approximate surface area is 132 Å². The quantitative estimate of drug-likeness (QED) is 0.722. The minimum atomic E-state index is -0.453. The van der Waals surface area contributed by atoms with Crippen LogP contribution in [-0.4, -0.2) is 48.3 Å². The first-order valence-corrected chi connectivity index (χ1v) is 8.98. The second-order valence-corrected chi connectivity index (χ2v) is 7.86. The molecular formula is C18H38N2O. The van der Waals surface area contributed by atoms with E-state index >= 15 is 0 Å². The Morgan fingerprint density at radius 2 is 1.86 bits per heavy atom. The number of rotatable bonds is 8. The van der Waals surface area contributed by atoms with E-state index < -0.39 is 5.60 Å². The summed E-state index contributed by atoms with van der Waals surface area (Å²) in [5.74, 6) is 0.713. The van der Waals surface area contributed by atoms with Crippen molar-refractivity contribution in [3.05, 3.63) is 0 Å². The Balaban J connectivity index is 2.56. The van der Waals surface area contributed by atoms with E-state index in [-0.39, 0.29) is 0 Å². The normalized spacial score (nSPS) is 25.3. The molecule has 1 rings (SSSR count). The van der Waals surface area contributed by atoms with Crippen LogP contribution >= 0.6 is 0 Å². The van der Waals surface area contributed by atoms with Gasteiger partial charge in [-0.2, -0.15) is 0 Å². The number of likely N-dealkylation sites (tertiary alicyclic amines) is 1. The first-order chi connectivity index (χ1) is 9.82. The number of nitrogens with zero attached hydrogens (tertiary/aromatic N) is 1. The summed E-state index contributed by atoms with van der Waals surface area (Å²) in [6.45, 7) is 16.8. The van der Waals surface area contributed by atoms with Crippen LogP contribution in [0.4, 0.5) is 0 Å². The fourth-order valence-corrected chi connectivity index (χ4v) is 3.36. The van der Waals surface area contributed by atoms with Crippen molar-refractivity contribution in [2.24, 2.45) is 11.3 Å². The van der Waals surface area contributed by atoms with Gasteiger partial charge >= 0.3 is 0 Å². The van der Waals surface area contributed by atoms with Crippen LogP contribution in [0.2, 0.25) is 0 Å². The SMILES string of the molecule is CCC(CC)(CNCC(C)C)CN1CCCC(C)(O)CC1. The van der Waals surface area contributed by atoms with Crippen LogP contribution in [0.25, 0.3) is 0 Å². The van der Waals surface area contributed by atoms with Gasteiger partial charge in [0.05, 0.1) is 5.60 Å². The van der Waals surface area contributed by atoms with Crippen LogP contribution in [0.3, 0.4) is 0 Å². The second-order valence-electron chi connectivity index (χ2n) is 7.86. The summed E-state index contributed by atoms with van der Waals surface area (Å²) in [5, 5.41) is 13.9. The molecule has 1 aliphatic heterocycles. The topological polar surface area (TPSA) is 35.5 Å². The molecule has 1 saturated heterocycles. The Morgan fingerprint density at radius 1 is 1.19 bits per heavy atom. The summed E-state index contributed by atoms with van der Waals surface area (Å²) in [6.07, 6.45) is 5.43. The standard InChI is InChI=1S/C18H38N2O/c1-6-18(7-2,14-19-13-16(3)4)15-20-11-8-9-17(5,21)10-12-20/h16,19,21H,6-15H2,1-5H3. The van der Waals surface area contributed by atoms with Crippen LogP contribution in [0.5, 0.6) is 0 Å². The van der Waals surface area contributed by atoms with Crippen molar-refractivity contribution in [3.8, 4) is 0 Å². The summed E-state index contributed by atoms with van der Waals surface area (Å²) in [6, 6.07) is 0. The molecule has 0 bridgehead atoms. The third-order valence-corrected chi connectivity index (χ3v) is 5.27. The number of hydrogen-bond donors (Lipinski definition) is 2. The van der Waals surface area contributed by atoms with Gasteiger partial charge in [0.15, 0.2) is 0 Å². The number of aliphatic hydroxyl groups is 1. The molecule has 0 amide bonds. The van der Waals surface area contributed by atoms with E-state index in [1.54, 1.807) is 0 Å². The van der Waals surface area contributed by atoms with Crippen molar-refractivity contribution in [1.82, 2.24) is 10.2 Å². The van der Waals surface area contributed by atoms with Crippen molar-refractivity contribution >= 4 is 0 Å². The summed E-state index contributed by atoms with van der Waals surface area (Å²) < 4.78 is 0. The van der Waals surface area contributed by atoms with Gasteiger partial charge in [-0.25, -0.2) is 0 Å². The van der Waals surface area contributed by atoms with Crippen LogP contribution in [0, 0.1) is 11.3 Å². The van der Waals surface area contributed by atoms with Gasteiger partial charge in [0, 0.05) is 19.6 Å². The third-order valence-electron chi connectivity index (χ3n) is 5.27. The maximum atomic E-state index is 10.2. The molecular weight excluding hydrogens is 260 g/mol. The Kier molecular flexibility index (Phi) is 7.66. The molecule has 21 heavy (non-hydrogen) atoms. The van der Waals surface area contributed by atoms with E-state index in [1.807, 2.05) is 6.92 Å². The lowest BCUT2D eigenvalue weighted by atomic mass is 9.81. The molecule has 3 heteroatoms. The molecule has 1 unspecified atom stereocenters. The van der Waals surface area contributed by atoms with Gasteiger partial charge in [0.25, 0.3) is 0 Å². The monoisotopic (exact) mass is 298 g/mol. The molecule has 0 spiro atoms. The van der Waals surface area contributed by atoms with Gasteiger partial charge in [-0.3, -0.25) is 0 Å². The number of nitrogens with one attached hydrogen (secondary N) is 1. The molecule has 0 saturated carbocycles. The Bertz CT molecular complexity index is 285. The summed E-state index contributed by atoms with van der Waals surface area (Å²) in [5.41, 5.74) is -0.0726. The summed E-state index contributed by atoms with van der Waals surface area (Å²) in [4.78, 5) is 2.59. The van der Waals surface area contributed by atoms with Crippen LogP contribution < -0.4 is 5.32 Å². The molecule has 126 valence electrons. The van der Waals surface area contributed by atoms with Crippen molar-refractivity contribution in [3.63, 3.8) is 0 Å². The van der Waals surface area contributed by atoms with Crippen LogP contribution in [0.1, 0.15) is 66.7 Å². The fraction of sp³-hybridized carbons (Fsp3) is 1.00. The van der Waals surface area contributed by atoms with E-state index in [9.17, 15) is 5.11 Å². The van der Waals surface area contributed by atoms with Gasteiger partial charge in [-0.1, -0.05) is 27.7 Å². The Morgan fingerprint density at radius 3 is 2.43 bits per heavy atom. The average Bonchev–Trinajstić information content (AvgIpc) is 2.58. The zero-order chi connectivity index (χ0) is 15.9. The van der Waals surface area contributed by atoms with Gasteiger partial charge in [-0.15, -0.1) is 0 Å². The van der Waals surface area contributed by atoms with E-state index in [2.05, 4.69) is 37.9 Å². The van der Waals surface area contributed by atoms with E-state index in [0.29, 0.717) is 11.3 Å². The highest BCUT2D eigenvalue weighted by molar-refractivity contribution is 4.86. The molecule has 0 aromatic heterocycles. The van der Waals surface area contributed by atoms with Crippen molar-refractivity contribution in [2.45, 2.75) is 72.3 Å². The van der Waals surface area contributed by atoms with E-state index in [4.69, 9.17) is 0 Å². The maximum absolute atomic E-state index is 10.2. The van der Waals surface area contributed by atoms with Crippen molar-refractivity contribution in [1.29, 1.82) is 0 Å². The molecule has 2 N–H and O–H groups in total. The maximum Gasteiger partial charge on any atom is 0.0632 e. The van der Waals surface area contributed by atoms with Gasteiger partial charge in [-0.05, 0) is 63.5 Å². The molecule has 0 radical (unpaired) electrons.